The molecule has 1 N–H and O–H groups in total. The summed E-state index contributed by atoms with van der Waals surface area (Å²) in [6, 6.07) is 8.97. The van der Waals surface area contributed by atoms with Gasteiger partial charge in [-0.25, -0.2) is 5.06 Å². The van der Waals surface area contributed by atoms with E-state index in [0.717, 1.165) is 29.9 Å². The SMILES string of the molecule is CCCCCN(OC(C)(C)C)C(C(=O)N(O)Cc1ccccc1)C(C)C. The molecule has 0 aromatic heterocycles. The van der Waals surface area contributed by atoms with Crippen LogP contribution < -0.4 is 0 Å². The van der Waals surface area contributed by atoms with Gasteiger partial charge in [0.2, 0.25) is 0 Å². The van der Waals surface area contributed by atoms with Crippen LogP contribution in [-0.4, -0.2) is 39.4 Å². The highest BCUT2D eigenvalue weighted by atomic mass is 16.7. The Morgan fingerprint density at radius 2 is 1.77 bits per heavy atom. The number of nitrogens with zero attached hydrogens (tertiary/aromatic N) is 2. The third kappa shape index (κ3) is 7.85. The molecule has 0 spiro atoms. The second kappa shape index (κ2) is 10.7. The van der Waals surface area contributed by atoms with Gasteiger partial charge in [0.1, 0.15) is 6.04 Å². The molecule has 0 aliphatic heterocycles. The molecular formula is C21H36N2O3. The van der Waals surface area contributed by atoms with E-state index in [0.29, 0.717) is 6.54 Å². The Bertz CT molecular complexity index is 526. The number of benzene rings is 1. The third-order valence-corrected chi connectivity index (χ3v) is 4.00. The molecule has 1 rings (SSSR count). The number of hydroxylamine groups is 4. The van der Waals surface area contributed by atoms with Gasteiger partial charge in [0, 0.05) is 6.54 Å². The van der Waals surface area contributed by atoms with Gasteiger partial charge in [0.25, 0.3) is 5.91 Å². The van der Waals surface area contributed by atoms with E-state index in [-0.39, 0.29) is 18.4 Å². The molecule has 148 valence electrons. The van der Waals surface area contributed by atoms with E-state index in [9.17, 15) is 10.0 Å². The summed E-state index contributed by atoms with van der Waals surface area (Å²) in [4.78, 5) is 19.1. The fraction of sp³-hybridized carbons (Fsp3) is 0.667. The van der Waals surface area contributed by atoms with Crippen LogP contribution in [0.4, 0.5) is 0 Å². The van der Waals surface area contributed by atoms with Gasteiger partial charge in [0.15, 0.2) is 0 Å². The molecule has 0 saturated heterocycles. The number of rotatable bonds is 10. The molecule has 1 aromatic carbocycles. The summed E-state index contributed by atoms with van der Waals surface area (Å²) in [7, 11) is 0. The molecule has 0 radical (unpaired) electrons. The molecule has 1 atom stereocenters. The summed E-state index contributed by atoms with van der Waals surface area (Å²) < 4.78 is 0. The van der Waals surface area contributed by atoms with Crippen LogP contribution in [0.1, 0.15) is 66.4 Å². The summed E-state index contributed by atoms with van der Waals surface area (Å²) >= 11 is 0. The Morgan fingerprint density at radius 1 is 1.15 bits per heavy atom. The van der Waals surface area contributed by atoms with Gasteiger partial charge in [-0.3, -0.25) is 14.8 Å². The molecule has 0 saturated carbocycles. The number of carbonyl (C=O) groups is 1. The maximum Gasteiger partial charge on any atom is 0.266 e. The molecule has 0 bridgehead atoms. The topological polar surface area (TPSA) is 53.0 Å². The highest BCUT2D eigenvalue weighted by Crippen LogP contribution is 2.21. The van der Waals surface area contributed by atoms with E-state index in [2.05, 4.69) is 6.92 Å². The van der Waals surface area contributed by atoms with Crippen LogP contribution in [0.25, 0.3) is 0 Å². The van der Waals surface area contributed by atoms with Gasteiger partial charge in [-0.2, -0.15) is 5.06 Å². The molecule has 0 fully saturated rings. The van der Waals surface area contributed by atoms with Crippen LogP contribution in [0.15, 0.2) is 30.3 Å². The van der Waals surface area contributed by atoms with Crippen molar-refractivity contribution in [2.24, 2.45) is 5.92 Å². The lowest BCUT2D eigenvalue weighted by Gasteiger charge is -2.38. The summed E-state index contributed by atoms with van der Waals surface area (Å²) in [6.45, 7) is 12.9. The molecule has 0 heterocycles. The minimum absolute atomic E-state index is 0.0110. The van der Waals surface area contributed by atoms with Crippen LogP contribution in [0.3, 0.4) is 0 Å². The molecule has 5 heteroatoms. The molecular weight excluding hydrogens is 328 g/mol. The zero-order valence-electron chi connectivity index (χ0n) is 17.2. The predicted molar refractivity (Wildman–Crippen MR) is 104 cm³/mol. The number of carbonyl (C=O) groups excluding carboxylic acids is 1. The molecule has 1 aromatic rings. The van der Waals surface area contributed by atoms with Crippen molar-refractivity contribution in [2.75, 3.05) is 6.54 Å². The minimum Gasteiger partial charge on any atom is -0.293 e. The van der Waals surface area contributed by atoms with Crippen LogP contribution >= 0.6 is 0 Å². The van der Waals surface area contributed by atoms with Crippen molar-refractivity contribution in [3.8, 4) is 0 Å². The van der Waals surface area contributed by atoms with Gasteiger partial charge in [-0.05, 0) is 38.7 Å². The monoisotopic (exact) mass is 364 g/mol. The first-order chi connectivity index (χ1) is 12.2. The highest BCUT2D eigenvalue weighted by Gasteiger charge is 2.35. The largest absolute Gasteiger partial charge is 0.293 e. The van der Waals surface area contributed by atoms with Gasteiger partial charge in [-0.1, -0.05) is 63.9 Å². The molecule has 5 nitrogen and oxygen atoms in total. The van der Waals surface area contributed by atoms with Crippen molar-refractivity contribution >= 4 is 5.91 Å². The first kappa shape index (κ1) is 22.6. The number of amides is 1. The van der Waals surface area contributed by atoms with Crippen molar-refractivity contribution < 1.29 is 14.8 Å². The van der Waals surface area contributed by atoms with E-state index in [1.807, 2.05) is 65.0 Å². The van der Waals surface area contributed by atoms with Crippen molar-refractivity contribution in [3.63, 3.8) is 0 Å². The van der Waals surface area contributed by atoms with Crippen LogP contribution in [0, 0.1) is 5.92 Å². The second-order valence-electron chi connectivity index (χ2n) is 8.12. The lowest BCUT2D eigenvalue weighted by atomic mass is 10.0. The fourth-order valence-corrected chi connectivity index (χ4v) is 2.84. The zero-order chi connectivity index (χ0) is 19.7. The van der Waals surface area contributed by atoms with E-state index in [1.54, 1.807) is 5.06 Å². The minimum atomic E-state index is -0.528. The van der Waals surface area contributed by atoms with Crippen molar-refractivity contribution in [1.82, 2.24) is 10.1 Å². The average molecular weight is 365 g/mol. The smallest absolute Gasteiger partial charge is 0.266 e. The Kier molecular flexibility index (Phi) is 9.27. The maximum atomic E-state index is 13.0. The van der Waals surface area contributed by atoms with Gasteiger partial charge in [-0.15, -0.1) is 0 Å². The van der Waals surface area contributed by atoms with E-state index >= 15 is 0 Å². The lowest BCUT2D eigenvalue weighted by molar-refractivity contribution is -0.261. The second-order valence-corrected chi connectivity index (χ2v) is 8.12. The Morgan fingerprint density at radius 3 is 2.27 bits per heavy atom. The maximum absolute atomic E-state index is 13.0. The van der Waals surface area contributed by atoms with Crippen LogP contribution in [0.2, 0.25) is 0 Å². The summed E-state index contributed by atoms with van der Waals surface area (Å²) in [5, 5.41) is 13.0. The van der Waals surface area contributed by atoms with Crippen molar-refractivity contribution in [1.29, 1.82) is 0 Å². The normalized spacial score (nSPS) is 13.3. The Labute approximate surface area is 158 Å². The number of unbranched alkanes of at least 4 members (excludes halogenated alkanes) is 2. The molecule has 0 aliphatic carbocycles. The predicted octanol–water partition coefficient (Wildman–Crippen LogP) is 4.65. The molecule has 26 heavy (non-hydrogen) atoms. The highest BCUT2D eigenvalue weighted by molar-refractivity contribution is 5.81. The number of hydrogen-bond acceptors (Lipinski definition) is 4. The Hall–Kier alpha value is -1.43. The standard InChI is InChI=1S/C21H36N2O3/c1-7-8-12-15-23(26-21(4,5)6)19(17(2)3)20(24)22(25)16-18-13-10-9-11-14-18/h9-11,13-14,17,19,25H,7-8,12,15-16H2,1-6H3. The van der Waals surface area contributed by atoms with Gasteiger partial charge >= 0.3 is 0 Å². The first-order valence-corrected chi connectivity index (χ1v) is 9.65. The zero-order valence-corrected chi connectivity index (χ0v) is 17.2. The third-order valence-electron chi connectivity index (χ3n) is 4.00. The molecule has 1 amide bonds. The van der Waals surface area contributed by atoms with Crippen LogP contribution in [0.5, 0.6) is 0 Å². The lowest BCUT2D eigenvalue weighted by Crippen LogP contribution is -2.52. The Balaban J connectivity index is 2.93. The van der Waals surface area contributed by atoms with E-state index in [4.69, 9.17) is 4.84 Å². The molecule has 1 unspecified atom stereocenters. The summed E-state index contributed by atoms with van der Waals surface area (Å²) in [5.74, 6) is -0.318. The van der Waals surface area contributed by atoms with E-state index < -0.39 is 11.6 Å². The quantitative estimate of drug-likeness (QED) is 0.373. The van der Waals surface area contributed by atoms with Gasteiger partial charge < -0.3 is 0 Å². The fourth-order valence-electron chi connectivity index (χ4n) is 2.84. The summed E-state index contributed by atoms with van der Waals surface area (Å²) in [6.07, 6.45) is 3.13. The van der Waals surface area contributed by atoms with Crippen molar-refractivity contribution in [3.05, 3.63) is 35.9 Å². The van der Waals surface area contributed by atoms with Crippen molar-refractivity contribution in [2.45, 2.75) is 79.0 Å². The van der Waals surface area contributed by atoms with Crippen LogP contribution in [-0.2, 0) is 16.2 Å². The number of hydrogen-bond donors (Lipinski definition) is 1. The van der Waals surface area contributed by atoms with Gasteiger partial charge in [0.05, 0.1) is 12.1 Å². The van der Waals surface area contributed by atoms with E-state index in [1.165, 1.54) is 0 Å². The average Bonchev–Trinajstić information content (AvgIpc) is 2.54. The molecule has 0 aliphatic rings. The first-order valence-electron chi connectivity index (χ1n) is 9.65. The summed E-state index contributed by atoms with van der Waals surface area (Å²) in [5.41, 5.74) is 0.486.